The Morgan fingerprint density at radius 3 is 2.46 bits per heavy atom. The first-order chi connectivity index (χ1) is 19.3. The van der Waals surface area contributed by atoms with Crippen LogP contribution in [0.3, 0.4) is 0 Å². The number of hydrogen-bond acceptors (Lipinski definition) is 7. The molecule has 0 saturated carbocycles. The summed E-state index contributed by atoms with van der Waals surface area (Å²) in [6.07, 6.45) is 3.94. The van der Waals surface area contributed by atoms with Crippen LogP contribution in [0, 0.1) is 25.2 Å². The zero-order chi connectivity index (χ0) is 29.7. The van der Waals surface area contributed by atoms with Crippen molar-refractivity contribution in [3.05, 3.63) is 88.6 Å². The molecule has 0 radical (unpaired) electrons. The van der Waals surface area contributed by atoms with Crippen molar-refractivity contribution < 1.29 is 13.0 Å². The Morgan fingerprint density at radius 1 is 1.12 bits per heavy atom. The van der Waals surface area contributed by atoms with Crippen LogP contribution >= 0.6 is 11.8 Å². The second kappa shape index (κ2) is 10.8. The fourth-order valence-electron chi connectivity index (χ4n) is 4.77. The summed E-state index contributed by atoms with van der Waals surface area (Å²) in [5, 5.41) is 10.1. The summed E-state index contributed by atoms with van der Waals surface area (Å²) in [7, 11) is -3.89. The highest BCUT2D eigenvalue weighted by molar-refractivity contribution is 7.98. The lowest BCUT2D eigenvalue weighted by molar-refractivity contribution is 0.561. The van der Waals surface area contributed by atoms with Crippen molar-refractivity contribution in [2.45, 2.75) is 55.6 Å². The third-order valence-corrected chi connectivity index (χ3v) is 10.8. The topological polar surface area (TPSA) is 111 Å². The quantitative estimate of drug-likeness (QED) is 0.139. The molecule has 1 atom stereocenters. The number of thioether (sulfide) groups is 1. The van der Waals surface area contributed by atoms with E-state index < -0.39 is 26.1 Å². The fraction of sp³-hybridized carbons (Fsp3) is 0.258. The minimum atomic E-state index is -3.89. The van der Waals surface area contributed by atoms with Crippen LogP contribution in [-0.4, -0.2) is 39.4 Å². The maximum absolute atomic E-state index is 13.8. The number of aryl methyl sites for hydroxylation is 2. The number of aliphatic imine (C=N–C) groups is 1. The SMILES string of the molecule is CSc1cc(C)c2c(ccn2S(=O)(=O)c2ccc(C)cc2)c1C(=N[S+]([O-])C(C)(C)C)C1=Nc2ccc(C#N)cc2C1. The Hall–Kier alpha value is -3.36. The number of nitriles is 1. The number of benzene rings is 3. The van der Waals surface area contributed by atoms with Crippen molar-refractivity contribution >= 4 is 61.2 Å². The highest BCUT2D eigenvalue weighted by atomic mass is 32.2. The first-order valence-electron chi connectivity index (χ1n) is 13.0. The smallest absolute Gasteiger partial charge is 0.268 e. The van der Waals surface area contributed by atoms with Crippen LogP contribution in [-0.2, 0) is 27.8 Å². The van der Waals surface area contributed by atoms with Crippen LogP contribution in [0.25, 0.3) is 10.9 Å². The molecular formula is C31H30N4O3S3. The molecule has 0 fully saturated rings. The summed E-state index contributed by atoms with van der Waals surface area (Å²) in [6, 6.07) is 18.1. The minimum absolute atomic E-state index is 0.196. The molecule has 7 nitrogen and oxygen atoms in total. The molecule has 3 aromatic carbocycles. The van der Waals surface area contributed by atoms with Gasteiger partial charge in [0.15, 0.2) is 0 Å². The molecule has 0 bridgehead atoms. The molecule has 5 rings (SSSR count). The molecule has 1 aliphatic heterocycles. The summed E-state index contributed by atoms with van der Waals surface area (Å²) in [5.74, 6) is 0. The van der Waals surface area contributed by atoms with E-state index in [1.165, 1.54) is 15.7 Å². The first kappa shape index (κ1) is 29.1. The van der Waals surface area contributed by atoms with Gasteiger partial charge < -0.3 is 4.55 Å². The Morgan fingerprint density at radius 2 is 1.83 bits per heavy atom. The highest BCUT2D eigenvalue weighted by Crippen LogP contribution is 2.37. The van der Waals surface area contributed by atoms with Crippen LogP contribution < -0.4 is 0 Å². The number of aromatic nitrogens is 1. The van der Waals surface area contributed by atoms with Crippen molar-refractivity contribution in [2.24, 2.45) is 9.39 Å². The molecule has 0 amide bonds. The van der Waals surface area contributed by atoms with Gasteiger partial charge in [-0.3, -0.25) is 4.99 Å². The second-order valence-electron chi connectivity index (χ2n) is 11.0. The standard InChI is InChI=1S/C31H30N4O3S3/c1-19-7-10-23(11-8-19)41(37,38)35-14-13-24-28(27(39-6)15-20(2)30(24)35)29(34-40(36)31(3,4)5)26-17-22-16-21(18-32)9-12-25(22)33-26/h7-16H,17H2,1-6H3. The monoisotopic (exact) mass is 602 g/mol. The van der Waals surface area contributed by atoms with E-state index in [4.69, 9.17) is 9.39 Å². The van der Waals surface area contributed by atoms with E-state index in [0.717, 1.165) is 27.3 Å². The van der Waals surface area contributed by atoms with Crippen molar-refractivity contribution in [2.75, 3.05) is 6.26 Å². The van der Waals surface area contributed by atoms with E-state index in [1.807, 2.05) is 59.1 Å². The number of hydrogen-bond donors (Lipinski definition) is 0. The molecule has 1 aliphatic rings. The number of nitrogens with zero attached hydrogens (tertiary/aromatic N) is 4. The van der Waals surface area contributed by atoms with Gasteiger partial charge in [-0.05, 0) is 94.5 Å². The van der Waals surface area contributed by atoms with E-state index >= 15 is 0 Å². The van der Waals surface area contributed by atoms with Gasteiger partial charge in [-0.1, -0.05) is 22.1 Å². The predicted molar refractivity (Wildman–Crippen MR) is 169 cm³/mol. The average molecular weight is 603 g/mol. The van der Waals surface area contributed by atoms with Gasteiger partial charge in [-0.2, -0.15) is 5.26 Å². The molecule has 0 saturated heterocycles. The molecule has 10 heteroatoms. The third kappa shape index (κ3) is 5.35. The summed E-state index contributed by atoms with van der Waals surface area (Å²) in [6.45, 7) is 9.39. The highest BCUT2D eigenvalue weighted by Gasteiger charge is 2.33. The zero-order valence-corrected chi connectivity index (χ0v) is 26.2. The molecule has 0 N–H and O–H groups in total. The third-order valence-electron chi connectivity index (χ3n) is 6.92. The van der Waals surface area contributed by atoms with Gasteiger partial charge in [0.1, 0.15) is 21.8 Å². The largest absolute Gasteiger partial charge is 0.591 e. The fourth-order valence-corrected chi connectivity index (χ4v) is 7.52. The van der Waals surface area contributed by atoms with Crippen LogP contribution in [0.5, 0.6) is 0 Å². The normalized spacial score (nSPS) is 14.6. The van der Waals surface area contributed by atoms with Gasteiger partial charge >= 0.3 is 0 Å². The van der Waals surface area contributed by atoms with Gasteiger partial charge in [-0.15, -0.1) is 11.8 Å². The molecule has 1 unspecified atom stereocenters. The Balaban J connectivity index is 1.77. The summed E-state index contributed by atoms with van der Waals surface area (Å²) in [4.78, 5) is 5.94. The Labute approximate surface area is 248 Å². The van der Waals surface area contributed by atoms with Crippen LogP contribution in [0.2, 0.25) is 0 Å². The molecule has 41 heavy (non-hydrogen) atoms. The molecule has 0 aliphatic carbocycles. The minimum Gasteiger partial charge on any atom is -0.591 e. The molecule has 0 spiro atoms. The molecule has 210 valence electrons. The molecule has 2 heterocycles. The van der Waals surface area contributed by atoms with E-state index in [0.29, 0.717) is 39.9 Å². The van der Waals surface area contributed by atoms with Crippen molar-refractivity contribution in [1.82, 2.24) is 3.97 Å². The summed E-state index contributed by atoms with van der Waals surface area (Å²) >= 11 is -0.101. The van der Waals surface area contributed by atoms with Crippen LogP contribution in [0.15, 0.2) is 80.0 Å². The molecular weight excluding hydrogens is 573 g/mol. The van der Waals surface area contributed by atoms with Crippen LogP contribution in [0.4, 0.5) is 5.69 Å². The number of rotatable bonds is 6. The average Bonchev–Trinajstić information content (AvgIpc) is 3.56. The lowest BCUT2D eigenvalue weighted by Crippen LogP contribution is -2.29. The lowest BCUT2D eigenvalue weighted by atomic mass is 9.97. The van der Waals surface area contributed by atoms with E-state index in [2.05, 4.69) is 6.07 Å². The van der Waals surface area contributed by atoms with Crippen molar-refractivity contribution in [3.63, 3.8) is 0 Å². The lowest BCUT2D eigenvalue weighted by Gasteiger charge is -2.21. The second-order valence-corrected chi connectivity index (χ2v) is 15.5. The van der Waals surface area contributed by atoms with Gasteiger partial charge in [0.2, 0.25) is 0 Å². The maximum atomic E-state index is 13.8. The van der Waals surface area contributed by atoms with E-state index in [-0.39, 0.29) is 4.90 Å². The van der Waals surface area contributed by atoms with E-state index in [1.54, 1.807) is 42.6 Å². The maximum Gasteiger partial charge on any atom is 0.268 e. The summed E-state index contributed by atoms with van der Waals surface area (Å²) in [5.41, 5.74) is 6.26. The Kier molecular flexibility index (Phi) is 7.68. The van der Waals surface area contributed by atoms with Gasteiger partial charge in [-0.25, -0.2) is 12.4 Å². The zero-order valence-electron chi connectivity index (χ0n) is 23.7. The molecule has 1 aromatic heterocycles. The van der Waals surface area contributed by atoms with Gasteiger partial charge in [0.05, 0.1) is 33.4 Å². The van der Waals surface area contributed by atoms with Gasteiger partial charge in [0.25, 0.3) is 10.0 Å². The summed E-state index contributed by atoms with van der Waals surface area (Å²) < 4.78 is 46.6. The number of fused-ring (bicyclic) bond motifs is 2. The van der Waals surface area contributed by atoms with Gasteiger partial charge in [0, 0.05) is 28.5 Å². The van der Waals surface area contributed by atoms with Crippen LogP contribution in [0.1, 0.15) is 48.6 Å². The first-order valence-corrected chi connectivity index (χ1v) is 16.7. The Bertz CT molecular complexity index is 1890. The van der Waals surface area contributed by atoms with E-state index in [9.17, 15) is 18.2 Å². The van der Waals surface area contributed by atoms with Crippen molar-refractivity contribution in [1.29, 1.82) is 5.26 Å². The molecule has 4 aromatic rings. The predicted octanol–water partition coefficient (Wildman–Crippen LogP) is 6.67. The van der Waals surface area contributed by atoms with Crippen molar-refractivity contribution in [3.8, 4) is 6.07 Å².